The number of rotatable bonds is 10. The summed E-state index contributed by atoms with van der Waals surface area (Å²) in [6, 6.07) is 15.1. The third-order valence-electron chi connectivity index (χ3n) is 6.11. The van der Waals surface area contributed by atoms with Crippen LogP contribution in [0.5, 0.6) is 23.0 Å². The first-order valence-corrected chi connectivity index (χ1v) is 11.8. The molecule has 0 bridgehead atoms. The molecule has 1 N–H and O–H groups in total. The number of hydrogen-bond acceptors (Lipinski definition) is 8. The van der Waals surface area contributed by atoms with Crippen molar-refractivity contribution < 1.29 is 28.7 Å². The lowest BCUT2D eigenvalue weighted by molar-refractivity contribution is -0.384. The van der Waals surface area contributed by atoms with Gasteiger partial charge >= 0.3 is 0 Å². The van der Waals surface area contributed by atoms with Crippen LogP contribution in [0.4, 0.5) is 11.4 Å². The molecule has 0 atom stereocenters. The highest BCUT2D eigenvalue weighted by Crippen LogP contribution is 2.37. The van der Waals surface area contributed by atoms with E-state index in [1.807, 2.05) is 18.2 Å². The minimum atomic E-state index is -0.476. The van der Waals surface area contributed by atoms with Gasteiger partial charge in [-0.15, -0.1) is 0 Å². The van der Waals surface area contributed by atoms with Gasteiger partial charge in [-0.3, -0.25) is 19.9 Å². The first-order valence-electron chi connectivity index (χ1n) is 11.8. The number of hydrogen-bond donors (Lipinski definition) is 1. The Bertz CT molecular complexity index is 1550. The van der Waals surface area contributed by atoms with E-state index < -0.39 is 4.92 Å². The molecule has 0 saturated carbocycles. The summed E-state index contributed by atoms with van der Waals surface area (Å²) in [6.07, 6.45) is 5.02. The molecule has 0 radical (unpaired) electrons. The normalized spacial score (nSPS) is 10.9. The highest BCUT2D eigenvalue weighted by atomic mass is 16.6. The molecule has 200 valence electrons. The van der Waals surface area contributed by atoms with Crippen LogP contribution in [0.25, 0.3) is 16.8 Å². The number of nitro benzene ring substituents is 1. The van der Waals surface area contributed by atoms with Crippen LogP contribution in [0.2, 0.25) is 0 Å². The van der Waals surface area contributed by atoms with Gasteiger partial charge in [-0.05, 0) is 59.0 Å². The van der Waals surface area contributed by atoms with Gasteiger partial charge in [0, 0.05) is 48.0 Å². The van der Waals surface area contributed by atoms with Crippen molar-refractivity contribution in [1.29, 1.82) is 0 Å². The van der Waals surface area contributed by atoms with Crippen molar-refractivity contribution >= 4 is 34.1 Å². The Hall–Kier alpha value is -5.12. The van der Waals surface area contributed by atoms with Crippen molar-refractivity contribution in [2.75, 3.05) is 33.8 Å². The van der Waals surface area contributed by atoms with Crippen molar-refractivity contribution in [2.45, 2.75) is 6.42 Å². The number of amides is 1. The minimum absolute atomic E-state index is 0.0234. The SMILES string of the molecule is COc1cc(Cc2nccc3cc(OC)c(OC)cc23)c(NC(=O)C=Cc2ccc([N+](=O)[O-])cc2)cc1OC. The second-order valence-electron chi connectivity index (χ2n) is 8.40. The molecule has 0 unspecified atom stereocenters. The zero-order valence-electron chi connectivity index (χ0n) is 21.9. The number of anilines is 1. The molecule has 1 aromatic heterocycles. The van der Waals surface area contributed by atoms with Crippen molar-refractivity contribution in [3.05, 3.63) is 93.8 Å². The van der Waals surface area contributed by atoms with E-state index in [0.717, 1.165) is 22.0 Å². The number of nitro groups is 1. The largest absolute Gasteiger partial charge is 0.493 e. The molecule has 0 fully saturated rings. The predicted octanol–water partition coefficient (Wildman–Crippen LogP) is 5.42. The fourth-order valence-electron chi connectivity index (χ4n) is 4.12. The summed E-state index contributed by atoms with van der Waals surface area (Å²) in [5, 5.41) is 15.6. The number of benzene rings is 3. The molecular weight excluding hydrogens is 502 g/mol. The first kappa shape index (κ1) is 26.9. The molecule has 0 aliphatic heterocycles. The molecule has 0 saturated heterocycles. The molecule has 0 spiro atoms. The lowest BCUT2D eigenvalue weighted by atomic mass is 10.0. The van der Waals surface area contributed by atoms with E-state index in [1.54, 1.807) is 57.9 Å². The number of methoxy groups -OCH3 is 4. The number of non-ortho nitro benzene ring substituents is 1. The van der Waals surface area contributed by atoms with Crippen molar-refractivity contribution in [3.8, 4) is 23.0 Å². The highest BCUT2D eigenvalue weighted by Gasteiger charge is 2.16. The Morgan fingerprint density at radius 3 is 2.15 bits per heavy atom. The van der Waals surface area contributed by atoms with Crippen LogP contribution in [-0.4, -0.2) is 44.3 Å². The number of ether oxygens (including phenoxy) is 4. The molecule has 10 heteroatoms. The topological polar surface area (TPSA) is 122 Å². The Morgan fingerprint density at radius 1 is 0.897 bits per heavy atom. The van der Waals surface area contributed by atoms with Gasteiger partial charge in [0.05, 0.1) is 39.1 Å². The molecule has 3 aromatic carbocycles. The summed E-state index contributed by atoms with van der Waals surface area (Å²) < 4.78 is 21.9. The van der Waals surface area contributed by atoms with Gasteiger partial charge in [-0.25, -0.2) is 0 Å². The lowest BCUT2D eigenvalue weighted by Crippen LogP contribution is -2.11. The summed E-state index contributed by atoms with van der Waals surface area (Å²) in [4.78, 5) is 27.9. The number of carbonyl (C=O) groups excluding carboxylic acids is 1. The third-order valence-corrected chi connectivity index (χ3v) is 6.11. The molecule has 39 heavy (non-hydrogen) atoms. The zero-order valence-corrected chi connectivity index (χ0v) is 21.9. The van der Waals surface area contributed by atoms with E-state index in [0.29, 0.717) is 40.7 Å². The van der Waals surface area contributed by atoms with Crippen LogP contribution in [0, 0.1) is 10.1 Å². The maximum absolute atomic E-state index is 12.9. The second-order valence-corrected chi connectivity index (χ2v) is 8.40. The summed E-state index contributed by atoms with van der Waals surface area (Å²) >= 11 is 0. The van der Waals surface area contributed by atoms with Crippen molar-refractivity contribution in [1.82, 2.24) is 4.98 Å². The Balaban J connectivity index is 1.67. The smallest absolute Gasteiger partial charge is 0.269 e. The van der Waals surface area contributed by atoms with E-state index in [2.05, 4.69) is 10.3 Å². The highest BCUT2D eigenvalue weighted by molar-refractivity contribution is 6.02. The van der Waals surface area contributed by atoms with Crippen LogP contribution in [-0.2, 0) is 11.2 Å². The summed E-state index contributed by atoms with van der Waals surface area (Å²) in [6.45, 7) is 0. The Morgan fingerprint density at radius 2 is 1.51 bits per heavy atom. The Kier molecular flexibility index (Phi) is 8.25. The molecule has 0 aliphatic rings. The average Bonchev–Trinajstić information content (AvgIpc) is 2.96. The van der Waals surface area contributed by atoms with Crippen LogP contribution < -0.4 is 24.3 Å². The zero-order chi connectivity index (χ0) is 27.9. The number of nitrogens with one attached hydrogen (secondary N) is 1. The number of nitrogens with zero attached hydrogens (tertiary/aromatic N) is 2. The van der Waals surface area contributed by atoms with Crippen LogP contribution in [0.3, 0.4) is 0 Å². The standard InChI is InChI=1S/C29H27N3O7/c1-36-25-14-19-11-12-30-24(22(19)16-27(25)38-3)13-20-15-26(37-2)28(39-4)17-23(20)31-29(33)10-7-18-5-8-21(9-6-18)32(34)35/h5-12,14-17H,13H2,1-4H3,(H,31,33). The van der Waals surface area contributed by atoms with Crippen LogP contribution in [0.1, 0.15) is 16.8 Å². The molecule has 4 rings (SSSR count). The summed E-state index contributed by atoms with van der Waals surface area (Å²) in [5.74, 6) is 1.76. The number of fused-ring (bicyclic) bond motifs is 1. The molecule has 0 aliphatic carbocycles. The van der Waals surface area contributed by atoms with E-state index in [9.17, 15) is 14.9 Å². The Labute approximate surface area is 224 Å². The van der Waals surface area contributed by atoms with Crippen LogP contribution in [0.15, 0.2) is 66.9 Å². The predicted molar refractivity (Wildman–Crippen MR) is 148 cm³/mol. The van der Waals surface area contributed by atoms with Gasteiger partial charge in [-0.1, -0.05) is 0 Å². The maximum Gasteiger partial charge on any atom is 0.269 e. The van der Waals surface area contributed by atoms with Gasteiger partial charge in [0.1, 0.15) is 0 Å². The molecule has 1 heterocycles. The van der Waals surface area contributed by atoms with Gasteiger partial charge in [0.25, 0.3) is 5.69 Å². The van der Waals surface area contributed by atoms with Gasteiger partial charge in [-0.2, -0.15) is 0 Å². The first-order chi connectivity index (χ1) is 18.9. The molecule has 1 amide bonds. The quantitative estimate of drug-likeness (QED) is 0.164. The summed E-state index contributed by atoms with van der Waals surface area (Å²) in [5.41, 5.74) is 2.65. The average molecular weight is 530 g/mol. The van der Waals surface area contributed by atoms with Gasteiger partial charge in [0.2, 0.25) is 5.91 Å². The number of carbonyl (C=O) groups is 1. The molecule has 4 aromatic rings. The van der Waals surface area contributed by atoms with Gasteiger partial charge < -0.3 is 24.3 Å². The fraction of sp³-hybridized carbons (Fsp3) is 0.172. The van der Waals surface area contributed by atoms with E-state index in [4.69, 9.17) is 18.9 Å². The fourth-order valence-corrected chi connectivity index (χ4v) is 4.12. The molecule has 10 nitrogen and oxygen atoms in total. The number of pyridine rings is 1. The van der Waals surface area contributed by atoms with E-state index in [-0.39, 0.29) is 11.6 Å². The molecular formula is C29H27N3O7. The summed E-state index contributed by atoms with van der Waals surface area (Å²) in [7, 11) is 6.22. The van der Waals surface area contributed by atoms with Crippen molar-refractivity contribution in [3.63, 3.8) is 0 Å². The lowest BCUT2D eigenvalue weighted by Gasteiger charge is -2.16. The van der Waals surface area contributed by atoms with E-state index >= 15 is 0 Å². The van der Waals surface area contributed by atoms with Crippen LogP contribution >= 0.6 is 0 Å². The third kappa shape index (κ3) is 6.07. The second kappa shape index (κ2) is 12.0. The van der Waals surface area contributed by atoms with Gasteiger partial charge in [0.15, 0.2) is 23.0 Å². The van der Waals surface area contributed by atoms with Crippen molar-refractivity contribution in [2.24, 2.45) is 0 Å². The number of aromatic nitrogens is 1. The van der Waals surface area contributed by atoms with E-state index in [1.165, 1.54) is 25.3 Å². The monoisotopic (exact) mass is 529 g/mol. The maximum atomic E-state index is 12.9. The minimum Gasteiger partial charge on any atom is -0.493 e.